The molecule has 4 aliphatic rings. The van der Waals surface area contributed by atoms with E-state index in [9.17, 15) is 0 Å². The van der Waals surface area contributed by atoms with Crippen LogP contribution in [0.25, 0.3) is 0 Å². The van der Waals surface area contributed by atoms with Crippen molar-refractivity contribution in [3.63, 3.8) is 0 Å². The van der Waals surface area contributed by atoms with Gasteiger partial charge in [0.2, 0.25) is 0 Å². The Hall–Kier alpha value is -0.780. The van der Waals surface area contributed by atoms with Gasteiger partial charge in [-0.1, -0.05) is 56.2 Å². The first-order valence-corrected chi connectivity index (χ1v) is 9.57. The first-order chi connectivity index (χ1) is 10.5. The first-order valence-electron chi connectivity index (χ1n) is 9.57. The zero-order valence-electron chi connectivity index (χ0n) is 14.8. The van der Waals surface area contributed by atoms with Gasteiger partial charge >= 0.3 is 0 Å². The van der Waals surface area contributed by atoms with Gasteiger partial charge in [-0.2, -0.15) is 0 Å². The lowest BCUT2D eigenvalue weighted by Crippen LogP contribution is -2.49. The Balaban J connectivity index is 1.67. The summed E-state index contributed by atoms with van der Waals surface area (Å²) in [5, 5.41) is 0. The molecular weight excluding hydrogens is 264 g/mol. The molecule has 0 heterocycles. The molecule has 0 spiro atoms. The van der Waals surface area contributed by atoms with Crippen LogP contribution in [0.4, 0.5) is 0 Å². The smallest absolute Gasteiger partial charge is 0.00790 e. The van der Waals surface area contributed by atoms with Gasteiger partial charge in [0, 0.05) is 0 Å². The Labute approximate surface area is 136 Å². The molecule has 120 valence electrons. The minimum Gasteiger partial charge on any atom is -0.0958 e. The number of allylic oxidation sites excluding steroid dienone is 5. The average Bonchev–Trinajstić information content (AvgIpc) is 2.84. The average molecular weight is 296 g/mol. The SMILES string of the molecule is C=C1C=C2CCC3C4CC=C(CC)C4(C)CCC3C2(C)CC1. The Morgan fingerprint density at radius 3 is 2.68 bits per heavy atom. The lowest BCUT2D eigenvalue weighted by Gasteiger charge is -2.58. The van der Waals surface area contributed by atoms with E-state index in [0.29, 0.717) is 10.8 Å². The van der Waals surface area contributed by atoms with Crippen LogP contribution in [0.5, 0.6) is 0 Å². The highest BCUT2D eigenvalue weighted by atomic mass is 14.6. The molecule has 0 saturated heterocycles. The first kappa shape index (κ1) is 14.8. The van der Waals surface area contributed by atoms with Gasteiger partial charge in [-0.15, -0.1) is 0 Å². The van der Waals surface area contributed by atoms with E-state index < -0.39 is 0 Å². The molecule has 0 aromatic heterocycles. The fourth-order valence-electron chi connectivity index (χ4n) is 6.85. The minimum absolute atomic E-state index is 0.487. The van der Waals surface area contributed by atoms with Crippen LogP contribution in [0.1, 0.15) is 72.1 Å². The van der Waals surface area contributed by atoms with Crippen LogP contribution in [-0.4, -0.2) is 0 Å². The fraction of sp³-hybridized carbons (Fsp3) is 0.727. The molecule has 0 aromatic rings. The quantitative estimate of drug-likeness (QED) is 0.488. The van der Waals surface area contributed by atoms with Gasteiger partial charge in [0.05, 0.1) is 0 Å². The maximum absolute atomic E-state index is 4.24. The molecule has 5 atom stereocenters. The summed E-state index contributed by atoms with van der Waals surface area (Å²) in [6.45, 7) is 11.8. The summed E-state index contributed by atoms with van der Waals surface area (Å²) < 4.78 is 0. The van der Waals surface area contributed by atoms with Crippen LogP contribution < -0.4 is 0 Å². The van der Waals surface area contributed by atoms with Gasteiger partial charge in [-0.05, 0) is 80.0 Å². The molecule has 2 fully saturated rings. The molecule has 0 radical (unpaired) electrons. The van der Waals surface area contributed by atoms with Gasteiger partial charge in [-0.3, -0.25) is 0 Å². The Morgan fingerprint density at radius 1 is 1.09 bits per heavy atom. The zero-order valence-corrected chi connectivity index (χ0v) is 14.8. The molecule has 2 saturated carbocycles. The monoisotopic (exact) mass is 296 g/mol. The minimum atomic E-state index is 0.487. The second kappa shape index (κ2) is 4.86. The summed E-state index contributed by atoms with van der Waals surface area (Å²) in [7, 11) is 0. The standard InChI is InChI=1S/C22H32/c1-5-16-7-9-19-18-8-6-17-14-15(2)10-12-22(17,4)20(18)11-13-21(16,19)3/h7,14,18-20H,2,5-6,8-13H2,1,3-4H3. The fourth-order valence-corrected chi connectivity index (χ4v) is 6.85. The van der Waals surface area contributed by atoms with Crippen LogP contribution in [0.3, 0.4) is 0 Å². The van der Waals surface area contributed by atoms with E-state index in [1.165, 1.54) is 56.9 Å². The van der Waals surface area contributed by atoms with Gasteiger partial charge in [0.15, 0.2) is 0 Å². The topological polar surface area (TPSA) is 0 Å². The maximum atomic E-state index is 4.24. The zero-order chi connectivity index (χ0) is 15.5. The molecule has 0 heteroatoms. The molecular formula is C22H32. The summed E-state index contributed by atoms with van der Waals surface area (Å²) in [6.07, 6.45) is 16.0. The second-order valence-electron chi connectivity index (χ2n) is 8.94. The molecule has 0 N–H and O–H groups in total. The van der Waals surface area contributed by atoms with Crippen molar-refractivity contribution < 1.29 is 0 Å². The Kier molecular flexibility index (Phi) is 3.26. The molecule has 22 heavy (non-hydrogen) atoms. The maximum Gasteiger partial charge on any atom is -0.00790 e. The normalized spacial score (nSPS) is 47.2. The van der Waals surface area contributed by atoms with E-state index in [1.54, 1.807) is 11.1 Å². The van der Waals surface area contributed by atoms with E-state index >= 15 is 0 Å². The Morgan fingerprint density at radius 2 is 1.91 bits per heavy atom. The van der Waals surface area contributed by atoms with E-state index in [0.717, 1.165) is 17.8 Å². The van der Waals surface area contributed by atoms with Crippen molar-refractivity contribution in [1.82, 2.24) is 0 Å². The molecule has 0 nitrogen and oxygen atoms in total. The van der Waals surface area contributed by atoms with Crippen LogP contribution >= 0.6 is 0 Å². The van der Waals surface area contributed by atoms with Crippen molar-refractivity contribution in [2.75, 3.05) is 0 Å². The third-order valence-corrected chi connectivity index (χ3v) is 8.20. The molecule has 0 aromatic carbocycles. The van der Waals surface area contributed by atoms with E-state index in [-0.39, 0.29) is 0 Å². The molecule has 4 rings (SSSR count). The van der Waals surface area contributed by atoms with E-state index in [4.69, 9.17) is 0 Å². The summed E-state index contributed by atoms with van der Waals surface area (Å²) >= 11 is 0. The summed E-state index contributed by atoms with van der Waals surface area (Å²) in [6, 6.07) is 0. The van der Waals surface area contributed by atoms with Crippen molar-refractivity contribution >= 4 is 0 Å². The third kappa shape index (κ3) is 1.82. The molecule has 0 amide bonds. The lowest BCUT2D eigenvalue weighted by molar-refractivity contribution is -0.0275. The van der Waals surface area contributed by atoms with Crippen molar-refractivity contribution in [3.05, 3.63) is 35.5 Å². The highest BCUT2D eigenvalue weighted by Gasteiger charge is 2.56. The summed E-state index contributed by atoms with van der Waals surface area (Å²) in [5.74, 6) is 2.83. The largest absolute Gasteiger partial charge is 0.0958 e. The molecule has 0 aliphatic heterocycles. The predicted octanol–water partition coefficient (Wildman–Crippen LogP) is 6.45. The second-order valence-corrected chi connectivity index (χ2v) is 8.94. The summed E-state index contributed by atoms with van der Waals surface area (Å²) in [5.41, 5.74) is 5.92. The van der Waals surface area contributed by atoms with E-state index in [1.807, 2.05) is 0 Å². The predicted molar refractivity (Wildman–Crippen MR) is 94.6 cm³/mol. The molecule has 5 unspecified atom stereocenters. The molecule has 0 bridgehead atoms. The molecule has 4 aliphatic carbocycles. The number of rotatable bonds is 1. The Bertz CT molecular complexity index is 563. The van der Waals surface area contributed by atoms with Crippen molar-refractivity contribution in [3.8, 4) is 0 Å². The summed E-state index contributed by atoms with van der Waals surface area (Å²) in [4.78, 5) is 0. The van der Waals surface area contributed by atoms with Crippen LogP contribution in [-0.2, 0) is 0 Å². The highest BCUT2D eigenvalue weighted by Crippen LogP contribution is 2.65. The van der Waals surface area contributed by atoms with Gasteiger partial charge in [0.1, 0.15) is 0 Å². The highest BCUT2D eigenvalue weighted by molar-refractivity contribution is 5.34. The van der Waals surface area contributed by atoms with Crippen LogP contribution in [0, 0.1) is 28.6 Å². The van der Waals surface area contributed by atoms with Crippen molar-refractivity contribution in [1.29, 1.82) is 0 Å². The van der Waals surface area contributed by atoms with Crippen molar-refractivity contribution in [2.45, 2.75) is 72.1 Å². The van der Waals surface area contributed by atoms with Crippen LogP contribution in [0.2, 0.25) is 0 Å². The van der Waals surface area contributed by atoms with Gasteiger partial charge in [-0.25, -0.2) is 0 Å². The lowest BCUT2D eigenvalue weighted by atomic mass is 9.46. The van der Waals surface area contributed by atoms with E-state index in [2.05, 4.69) is 39.5 Å². The van der Waals surface area contributed by atoms with Gasteiger partial charge in [0.25, 0.3) is 0 Å². The number of hydrogen-bond donors (Lipinski definition) is 0. The van der Waals surface area contributed by atoms with Crippen LogP contribution in [0.15, 0.2) is 35.5 Å². The third-order valence-electron chi connectivity index (χ3n) is 8.20. The number of hydrogen-bond acceptors (Lipinski definition) is 0. The van der Waals surface area contributed by atoms with Gasteiger partial charge < -0.3 is 0 Å². The van der Waals surface area contributed by atoms with Crippen molar-refractivity contribution in [2.24, 2.45) is 28.6 Å². The number of fused-ring (bicyclic) bond motifs is 5.